The van der Waals surface area contributed by atoms with Crippen molar-refractivity contribution >= 4 is 29.9 Å². The van der Waals surface area contributed by atoms with Crippen LogP contribution in [0.1, 0.15) is 38.2 Å². The van der Waals surface area contributed by atoms with E-state index in [9.17, 15) is 0 Å². The number of halogens is 1. The fourth-order valence-corrected chi connectivity index (χ4v) is 3.38. The number of guanidine groups is 1. The quantitative estimate of drug-likeness (QED) is 0.254. The first kappa shape index (κ1) is 23.8. The van der Waals surface area contributed by atoms with Gasteiger partial charge in [-0.25, -0.2) is 0 Å². The van der Waals surface area contributed by atoms with Crippen molar-refractivity contribution in [3.8, 4) is 11.5 Å². The number of nitrogens with zero attached hydrogens (tertiary/aromatic N) is 2. The molecule has 1 unspecified atom stereocenters. The Kier molecular flexibility index (Phi) is 11.5. The van der Waals surface area contributed by atoms with Crippen LogP contribution in [0.2, 0.25) is 0 Å². The van der Waals surface area contributed by atoms with Gasteiger partial charge in [-0.05, 0) is 44.9 Å². The molecule has 0 amide bonds. The molecule has 1 fully saturated rings. The molecule has 0 aromatic heterocycles. The zero-order valence-electron chi connectivity index (χ0n) is 17.1. The van der Waals surface area contributed by atoms with Gasteiger partial charge in [0.05, 0.1) is 14.2 Å². The summed E-state index contributed by atoms with van der Waals surface area (Å²) in [7, 11) is 5.13. The molecule has 2 N–H and O–H groups in total. The molecule has 1 aliphatic rings. The largest absolute Gasteiger partial charge is 0.497 e. The Morgan fingerprint density at radius 1 is 1.22 bits per heavy atom. The van der Waals surface area contributed by atoms with Crippen LogP contribution in [-0.2, 0) is 6.54 Å². The minimum absolute atomic E-state index is 0. The number of methoxy groups -OCH3 is 2. The van der Waals surface area contributed by atoms with Crippen LogP contribution < -0.4 is 20.1 Å². The molecule has 1 aromatic rings. The number of aliphatic imine (C=N–C) groups is 1. The maximum atomic E-state index is 5.44. The smallest absolute Gasteiger partial charge is 0.191 e. The van der Waals surface area contributed by atoms with Crippen LogP contribution in [0.3, 0.4) is 0 Å². The van der Waals surface area contributed by atoms with Crippen molar-refractivity contribution in [1.82, 2.24) is 15.5 Å². The molecule has 1 aliphatic heterocycles. The third kappa shape index (κ3) is 7.73. The van der Waals surface area contributed by atoms with E-state index in [0.29, 0.717) is 6.54 Å². The predicted molar refractivity (Wildman–Crippen MR) is 123 cm³/mol. The first-order chi connectivity index (χ1) is 12.7. The predicted octanol–water partition coefficient (Wildman–Crippen LogP) is 3.25. The highest BCUT2D eigenvalue weighted by atomic mass is 127. The van der Waals surface area contributed by atoms with Crippen molar-refractivity contribution in [3.63, 3.8) is 0 Å². The second-order valence-corrected chi connectivity index (χ2v) is 6.76. The van der Waals surface area contributed by atoms with E-state index in [1.54, 1.807) is 21.3 Å². The fraction of sp³-hybridized carbons (Fsp3) is 0.650. The van der Waals surface area contributed by atoms with Gasteiger partial charge in [-0.2, -0.15) is 0 Å². The zero-order valence-corrected chi connectivity index (χ0v) is 19.4. The van der Waals surface area contributed by atoms with Gasteiger partial charge in [0.1, 0.15) is 11.5 Å². The SMILES string of the molecule is CN=C(NCCCN1CCCCC1C)NCc1ccc(OC)cc1OC.I. The van der Waals surface area contributed by atoms with Crippen LogP contribution in [0.15, 0.2) is 23.2 Å². The van der Waals surface area contributed by atoms with E-state index >= 15 is 0 Å². The number of hydrogen-bond donors (Lipinski definition) is 2. The fourth-order valence-electron chi connectivity index (χ4n) is 3.38. The Morgan fingerprint density at radius 2 is 2.04 bits per heavy atom. The van der Waals surface area contributed by atoms with Gasteiger partial charge in [0.15, 0.2) is 5.96 Å². The van der Waals surface area contributed by atoms with Gasteiger partial charge in [0.2, 0.25) is 0 Å². The second kappa shape index (κ2) is 13.0. The minimum atomic E-state index is 0. The first-order valence-electron chi connectivity index (χ1n) is 9.57. The molecule has 1 atom stereocenters. The van der Waals surface area contributed by atoms with E-state index in [2.05, 4.69) is 27.4 Å². The van der Waals surface area contributed by atoms with Crippen molar-refractivity contribution in [2.24, 2.45) is 4.99 Å². The lowest BCUT2D eigenvalue weighted by molar-refractivity contribution is 0.159. The molecule has 27 heavy (non-hydrogen) atoms. The van der Waals surface area contributed by atoms with Gasteiger partial charge in [0.25, 0.3) is 0 Å². The monoisotopic (exact) mass is 490 g/mol. The standard InChI is InChI=1S/C20H34N4O2.HI/c1-16-8-5-6-12-24(16)13-7-11-22-20(21-2)23-15-17-9-10-18(25-3)14-19(17)26-4;/h9-10,14,16H,5-8,11-13,15H2,1-4H3,(H2,21,22,23);1H. The highest BCUT2D eigenvalue weighted by molar-refractivity contribution is 14.0. The van der Waals surface area contributed by atoms with E-state index in [4.69, 9.17) is 9.47 Å². The number of likely N-dealkylation sites (tertiary alicyclic amines) is 1. The van der Waals surface area contributed by atoms with Gasteiger partial charge < -0.3 is 25.0 Å². The Labute approximate surface area is 181 Å². The van der Waals surface area contributed by atoms with E-state index in [1.807, 2.05) is 18.2 Å². The summed E-state index contributed by atoms with van der Waals surface area (Å²) in [5.74, 6) is 2.42. The lowest BCUT2D eigenvalue weighted by Gasteiger charge is -2.33. The Balaban J connectivity index is 0.00000364. The summed E-state index contributed by atoms with van der Waals surface area (Å²) in [4.78, 5) is 6.91. The maximum Gasteiger partial charge on any atom is 0.191 e. The van der Waals surface area contributed by atoms with E-state index in [-0.39, 0.29) is 24.0 Å². The molecule has 6 nitrogen and oxygen atoms in total. The van der Waals surface area contributed by atoms with Crippen molar-refractivity contribution in [1.29, 1.82) is 0 Å². The molecular weight excluding hydrogens is 455 g/mol. The number of hydrogen-bond acceptors (Lipinski definition) is 4. The maximum absolute atomic E-state index is 5.44. The first-order valence-corrected chi connectivity index (χ1v) is 9.57. The average Bonchev–Trinajstić information content (AvgIpc) is 2.68. The number of nitrogens with one attached hydrogen (secondary N) is 2. The molecular formula is C20H35IN4O2. The molecule has 1 saturated heterocycles. The van der Waals surface area contributed by atoms with Gasteiger partial charge >= 0.3 is 0 Å². The summed E-state index contributed by atoms with van der Waals surface area (Å²) in [6.45, 7) is 6.30. The number of ether oxygens (including phenoxy) is 2. The van der Waals surface area contributed by atoms with E-state index in [0.717, 1.165) is 48.6 Å². The number of rotatable bonds is 8. The highest BCUT2D eigenvalue weighted by Gasteiger charge is 2.17. The van der Waals surface area contributed by atoms with Gasteiger partial charge in [0, 0.05) is 44.4 Å². The normalized spacial score (nSPS) is 17.8. The van der Waals surface area contributed by atoms with Crippen molar-refractivity contribution in [2.45, 2.75) is 45.2 Å². The Hall–Kier alpha value is -1.22. The average molecular weight is 490 g/mol. The van der Waals surface area contributed by atoms with Crippen LogP contribution in [0.25, 0.3) is 0 Å². The summed E-state index contributed by atoms with van der Waals surface area (Å²) in [6, 6.07) is 6.57. The number of piperidine rings is 1. The lowest BCUT2D eigenvalue weighted by Crippen LogP contribution is -2.41. The molecule has 0 radical (unpaired) electrons. The summed E-state index contributed by atoms with van der Waals surface area (Å²) in [5.41, 5.74) is 1.07. The third-order valence-corrected chi connectivity index (χ3v) is 5.02. The van der Waals surface area contributed by atoms with Crippen LogP contribution in [0.5, 0.6) is 11.5 Å². The second-order valence-electron chi connectivity index (χ2n) is 6.76. The van der Waals surface area contributed by atoms with Gasteiger partial charge in [-0.15, -0.1) is 24.0 Å². The Morgan fingerprint density at radius 3 is 2.70 bits per heavy atom. The lowest BCUT2D eigenvalue weighted by atomic mass is 10.0. The third-order valence-electron chi connectivity index (χ3n) is 5.02. The van der Waals surface area contributed by atoms with Crippen LogP contribution in [0.4, 0.5) is 0 Å². The summed E-state index contributed by atoms with van der Waals surface area (Å²) in [6.07, 6.45) is 5.17. The Bertz CT molecular complexity index is 583. The minimum Gasteiger partial charge on any atom is -0.497 e. The topological polar surface area (TPSA) is 58.1 Å². The van der Waals surface area contributed by atoms with Crippen molar-refractivity contribution < 1.29 is 9.47 Å². The zero-order chi connectivity index (χ0) is 18.8. The molecule has 0 bridgehead atoms. The molecule has 154 valence electrons. The summed E-state index contributed by atoms with van der Waals surface area (Å²) in [5, 5.41) is 6.75. The van der Waals surface area contributed by atoms with Crippen molar-refractivity contribution in [2.75, 3.05) is 40.9 Å². The molecule has 7 heteroatoms. The van der Waals surface area contributed by atoms with Gasteiger partial charge in [-0.3, -0.25) is 4.99 Å². The summed E-state index contributed by atoms with van der Waals surface area (Å²) < 4.78 is 10.7. The molecule has 1 aromatic carbocycles. The van der Waals surface area contributed by atoms with Crippen LogP contribution in [-0.4, -0.2) is 57.8 Å². The molecule has 0 saturated carbocycles. The van der Waals surface area contributed by atoms with E-state index < -0.39 is 0 Å². The highest BCUT2D eigenvalue weighted by Crippen LogP contribution is 2.24. The molecule has 0 spiro atoms. The summed E-state index contributed by atoms with van der Waals surface area (Å²) >= 11 is 0. The van der Waals surface area contributed by atoms with E-state index in [1.165, 1.54) is 25.8 Å². The van der Waals surface area contributed by atoms with Gasteiger partial charge in [-0.1, -0.05) is 6.42 Å². The molecule has 0 aliphatic carbocycles. The van der Waals surface area contributed by atoms with Crippen molar-refractivity contribution in [3.05, 3.63) is 23.8 Å². The van der Waals surface area contributed by atoms with Crippen LogP contribution >= 0.6 is 24.0 Å². The number of benzene rings is 1. The molecule has 1 heterocycles. The van der Waals surface area contributed by atoms with Crippen LogP contribution in [0, 0.1) is 0 Å². The molecule has 2 rings (SSSR count).